The molecule has 17 heavy (non-hydrogen) atoms. The molecule has 2 N–H and O–H groups in total. The van der Waals surface area contributed by atoms with E-state index in [2.05, 4.69) is 12.0 Å². The van der Waals surface area contributed by atoms with Gasteiger partial charge in [-0.2, -0.15) is 5.10 Å². The third-order valence-corrected chi connectivity index (χ3v) is 2.69. The van der Waals surface area contributed by atoms with Crippen LogP contribution in [0.25, 0.3) is 11.3 Å². The molecule has 1 atom stereocenters. The molecule has 0 bridgehead atoms. The fourth-order valence-corrected chi connectivity index (χ4v) is 1.95. The largest absolute Gasteiger partial charge is 0.461 e. The Morgan fingerprint density at radius 3 is 2.88 bits per heavy atom. The molecule has 1 unspecified atom stereocenters. The first-order valence-corrected chi connectivity index (χ1v) is 5.97. The molecular weight excluding hydrogens is 214 g/mol. The van der Waals surface area contributed by atoms with E-state index in [9.17, 15) is 0 Å². The summed E-state index contributed by atoms with van der Waals surface area (Å²) in [6, 6.07) is 4.10. The highest BCUT2D eigenvalue weighted by Crippen LogP contribution is 2.25. The third kappa shape index (κ3) is 2.58. The van der Waals surface area contributed by atoms with Crippen LogP contribution in [0.1, 0.15) is 25.3 Å². The molecule has 2 rings (SSSR count). The van der Waals surface area contributed by atoms with E-state index in [1.807, 2.05) is 37.0 Å². The first kappa shape index (κ1) is 11.9. The fraction of sp³-hybridized carbons (Fsp3) is 0.462. The molecule has 0 aliphatic heterocycles. The number of nitrogens with two attached hydrogens (primary N) is 1. The SMILES string of the molecule is CCc1nn(C)cc1-c1ccc(CC(C)N)o1. The van der Waals surface area contributed by atoms with Crippen LogP contribution < -0.4 is 5.73 Å². The molecule has 2 heterocycles. The van der Waals surface area contributed by atoms with E-state index in [0.29, 0.717) is 0 Å². The average molecular weight is 233 g/mol. The minimum Gasteiger partial charge on any atom is -0.461 e. The van der Waals surface area contributed by atoms with Gasteiger partial charge in [-0.25, -0.2) is 0 Å². The van der Waals surface area contributed by atoms with Crippen molar-refractivity contribution >= 4 is 0 Å². The van der Waals surface area contributed by atoms with Crippen LogP contribution in [-0.2, 0) is 19.9 Å². The average Bonchev–Trinajstić information content (AvgIpc) is 2.83. The summed E-state index contributed by atoms with van der Waals surface area (Å²) in [7, 11) is 1.93. The Kier molecular flexibility index (Phi) is 3.33. The van der Waals surface area contributed by atoms with E-state index < -0.39 is 0 Å². The van der Waals surface area contributed by atoms with Crippen molar-refractivity contribution < 1.29 is 4.42 Å². The first-order valence-electron chi connectivity index (χ1n) is 5.97. The minimum atomic E-state index is 0.119. The number of nitrogens with zero attached hydrogens (tertiary/aromatic N) is 2. The maximum Gasteiger partial charge on any atom is 0.137 e. The first-order chi connectivity index (χ1) is 8.10. The molecule has 4 heteroatoms. The van der Waals surface area contributed by atoms with Crippen molar-refractivity contribution in [3.05, 3.63) is 29.8 Å². The maximum atomic E-state index is 5.80. The molecule has 4 nitrogen and oxygen atoms in total. The van der Waals surface area contributed by atoms with E-state index in [1.54, 1.807) is 0 Å². The summed E-state index contributed by atoms with van der Waals surface area (Å²) >= 11 is 0. The van der Waals surface area contributed by atoms with Crippen LogP contribution >= 0.6 is 0 Å². The molecule has 92 valence electrons. The van der Waals surface area contributed by atoms with Crippen molar-refractivity contribution in [1.82, 2.24) is 9.78 Å². The van der Waals surface area contributed by atoms with E-state index in [-0.39, 0.29) is 6.04 Å². The molecular formula is C13H19N3O. The second-order valence-corrected chi connectivity index (χ2v) is 4.46. The van der Waals surface area contributed by atoms with Crippen LogP contribution in [0.2, 0.25) is 0 Å². The summed E-state index contributed by atoms with van der Waals surface area (Å²) in [5, 5.41) is 4.41. The lowest BCUT2D eigenvalue weighted by Crippen LogP contribution is -2.17. The Morgan fingerprint density at radius 2 is 2.24 bits per heavy atom. The van der Waals surface area contributed by atoms with Crippen molar-refractivity contribution in [1.29, 1.82) is 0 Å². The topological polar surface area (TPSA) is 57.0 Å². The van der Waals surface area contributed by atoms with E-state index in [4.69, 9.17) is 10.2 Å². The predicted molar refractivity (Wildman–Crippen MR) is 67.6 cm³/mol. The smallest absolute Gasteiger partial charge is 0.137 e. The molecule has 0 fully saturated rings. The normalized spacial score (nSPS) is 12.9. The second kappa shape index (κ2) is 4.75. The van der Waals surface area contributed by atoms with Crippen molar-refractivity contribution in [3.8, 4) is 11.3 Å². The lowest BCUT2D eigenvalue weighted by Gasteiger charge is -2.00. The quantitative estimate of drug-likeness (QED) is 0.880. The predicted octanol–water partition coefficient (Wildman–Crippen LogP) is 2.13. The molecule has 0 saturated heterocycles. The highest BCUT2D eigenvalue weighted by molar-refractivity contribution is 5.59. The summed E-state index contributed by atoms with van der Waals surface area (Å²) in [5.41, 5.74) is 7.90. The van der Waals surface area contributed by atoms with Gasteiger partial charge >= 0.3 is 0 Å². The fourth-order valence-electron chi connectivity index (χ4n) is 1.95. The van der Waals surface area contributed by atoms with Gasteiger partial charge in [0.15, 0.2) is 0 Å². The van der Waals surface area contributed by atoms with Crippen LogP contribution in [0.4, 0.5) is 0 Å². The highest BCUT2D eigenvalue weighted by atomic mass is 16.3. The molecule has 2 aromatic heterocycles. The summed E-state index contributed by atoms with van der Waals surface area (Å²) in [4.78, 5) is 0. The van der Waals surface area contributed by atoms with Crippen LogP contribution in [0.3, 0.4) is 0 Å². The van der Waals surface area contributed by atoms with Crippen LogP contribution in [-0.4, -0.2) is 15.8 Å². The van der Waals surface area contributed by atoms with Crippen LogP contribution in [0, 0.1) is 0 Å². The maximum absolute atomic E-state index is 5.80. The van der Waals surface area contributed by atoms with Gasteiger partial charge in [-0.15, -0.1) is 0 Å². The summed E-state index contributed by atoms with van der Waals surface area (Å²) in [5.74, 6) is 1.81. The molecule has 0 aliphatic carbocycles. The standard InChI is InChI=1S/C13H19N3O/c1-4-12-11(8-16(3)15-12)13-6-5-10(17-13)7-9(2)14/h5-6,8-9H,4,7,14H2,1-3H3. The number of furan rings is 1. The molecule has 0 amide bonds. The number of hydrogen-bond acceptors (Lipinski definition) is 3. The van der Waals surface area contributed by atoms with Crippen molar-refractivity contribution in [2.75, 3.05) is 0 Å². The van der Waals surface area contributed by atoms with Gasteiger partial charge in [0.2, 0.25) is 0 Å². The number of aromatic nitrogens is 2. The Hall–Kier alpha value is -1.55. The zero-order valence-electron chi connectivity index (χ0n) is 10.6. The van der Waals surface area contributed by atoms with E-state index >= 15 is 0 Å². The second-order valence-electron chi connectivity index (χ2n) is 4.46. The summed E-state index contributed by atoms with van der Waals surface area (Å²) in [6.45, 7) is 4.07. The van der Waals surface area contributed by atoms with Crippen LogP contribution in [0.15, 0.2) is 22.7 Å². The van der Waals surface area contributed by atoms with Crippen molar-refractivity contribution in [2.24, 2.45) is 12.8 Å². The van der Waals surface area contributed by atoms with Gasteiger partial charge in [0.25, 0.3) is 0 Å². The number of hydrogen-bond donors (Lipinski definition) is 1. The van der Waals surface area contributed by atoms with E-state index in [0.717, 1.165) is 35.6 Å². The molecule has 0 aromatic carbocycles. The zero-order valence-corrected chi connectivity index (χ0v) is 10.6. The monoisotopic (exact) mass is 233 g/mol. The molecule has 0 spiro atoms. The lowest BCUT2D eigenvalue weighted by atomic mass is 10.1. The Bertz CT molecular complexity index is 496. The van der Waals surface area contributed by atoms with Crippen molar-refractivity contribution in [3.63, 3.8) is 0 Å². The summed E-state index contributed by atoms with van der Waals surface area (Å²) in [6.07, 6.45) is 3.66. The Morgan fingerprint density at radius 1 is 1.47 bits per heavy atom. The van der Waals surface area contributed by atoms with E-state index in [1.165, 1.54) is 0 Å². The molecule has 0 saturated carbocycles. The van der Waals surface area contributed by atoms with Gasteiger partial charge in [0, 0.05) is 25.7 Å². The Balaban J connectivity index is 2.29. The van der Waals surface area contributed by atoms with Gasteiger partial charge in [-0.05, 0) is 25.5 Å². The summed E-state index contributed by atoms with van der Waals surface area (Å²) < 4.78 is 7.62. The van der Waals surface area contributed by atoms with Gasteiger partial charge < -0.3 is 10.2 Å². The highest BCUT2D eigenvalue weighted by Gasteiger charge is 2.12. The van der Waals surface area contributed by atoms with Gasteiger partial charge in [-0.1, -0.05) is 6.92 Å². The van der Waals surface area contributed by atoms with Crippen molar-refractivity contribution in [2.45, 2.75) is 32.7 Å². The van der Waals surface area contributed by atoms with Gasteiger partial charge in [0.1, 0.15) is 11.5 Å². The Labute approximate surface area is 101 Å². The van der Waals surface area contributed by atoms with Crippen LogP contribution in [0.5, 0.6) is 0 Å². The molecule has 0 aliphatic rings. The number of aryl methyl sites for hydroxylation is 2. The molecule has 0 radical (unpaired) electrons. The number of rotatable bonds is 4. The lowest BCUT2D eigenvalue weighted by molar-refractivity contribution is 0.503. The zero-order chi connectivity index (χ0) is 12.4. The van der Waals surface area contributed by atoms with Gasteiger partial charge in [0.05, 0.1) is 11.3 Å². The molecule has 2 aromatic rings. The third-order valence-electron chi connectivity index (χ3n) is 2.69. The minimum absolute atomic E-state index is 0.119. The van der Waals surface area contributed by atoms with Gasteiger partial charge in [-0.3, -0.25) is 4.68 Å².